The normalized spacial score (nSPS) is 10.3. The van der Waals surface area contributed by atoms with Crippen molar-refractivity contribution in [2.45, 2.75) is 6.42 Å². The van der Waals surface area contributed by atoms with Gasteiger partial charge in [0.25, 0.3) is 0 Å². The number of nitrogens with zero attached hydrogens (tertiary/aromatic N) is 3. The molecule has 0 fully saturated rings. The smallest absolute Gasteiger partial charge is 0.233 e. The number of nitrogens with one attached hydrogen (secondary N) is 1. The molecule has 0 atom stereocenters. The number of hydrogen-bond donors (Lipinski definition) is 2. The second-order valence-electron chi connectivity index (χ2n) is 2.61. The molecule has 2 rings (SSSR count). The van der Waals surface area contributed by atoms with Gasteiger partial charge in [-0.1, -0.05) is 0 Å². The molecular formula is C7H9N5S2. The second kappa shape index (κ2) is 4.34. The van der Waals surface area contributed by atoms with Gasteiger partial charge in [-0.3, -0.25) is 0 Å². The average molecular weight is 227 g/mol. The highest BCUT2D eigenvalue weighted by Crippen LogP contribution is 2.11. The van der Waals surface area contributed by atoms with Crippen molar-refractivity contribution in [2.24, 2.45) is 0 Å². The third-order valence-corrected chi connectivity index (χ3v) is 2.90. The number of anilines is 2. The zero-order chi connectivity index (χ0) is 9.80. The van der Waals surface area contributed by atoms with Crippen LogP contribution in [0.4, 0.5) is 11.1 Å². The molecule has 0 saturated carbocycles. The summed E-state index contributed by atoms with van der Waals surface area (Å²) in [6.45, 7) is 0.804. The minimum atomic E-state index is 0.325. The molecule has 0 unspecified atom stereocenters. The number of aromatic nitrogens is 3. The van der Waals surface area contributed by atoms with Crippen molar-refractivity contribution < 1.29 is 0 Å². The third kappa shape index (κ3) is 2.39. The molecule has 3 N–H and O–H groups in total. The molecular weight excluding hydrogens is 218 g/mol. The molecule has 0 spiro atoms. The lowest BCUT2D eigenvalue weighted by atomic mass is 10.3. The van der Waals surface area contributed by atoms with Gasteiger partial charge in [0.05, 0.1) is 11.2 Å². The van der Waals surface area contributed by atoms with Gasteiger partial charge in [0.15, 0.2) is 0 Å². The lowest BCUT2D eigenvalue weighted by Gasteiger charge is -1.98. The van der Waals surface area contributed by atoms with Crippen molar-refractivity contribution in [1.82, 2.24) is 14.3 Å². The molecule has 5 nitrogen and oxygen atoms in total. The SMILES string of the molecule is Nc1nsc(NCCc2cscn2)n1. The van der Waals surface area contributed by atoms with Gasteiger partial charge in [-0.2, -0.15) is 9.36 Å². The summed E-state index contributed by atoms with van der Waals surface area (Å²) in [5, 5.41) is 5.93. The van der Waals surface area contributed by atoms with Crippen LogP contribution in [-0.2, 0) is 6.42 Å². The lowest BCUT2D eigenvalue weighted by molar-refractivity contribution is 0.974. The lowest BCUT2D eigenvalue weighted by Crippen LogP contribution is -2.04. The summed E-state index contributed by atoms with van der Waals surface area (Å²) >= 11 is 2.88. The van der Waals surface area contributed by atoms with Crippen LogP contribution in [0.3, 0.4) is 0 Å². The van der Waals surface area contributed by atoms with Gasteiger partial charge >= 0.3 is 0 Å². The van der Waals surface area contributed by atoms with Gasteiger partial charge in [-0.05, 0) is 0 Å². The van der Waals surface area contributed by atoms with Crippen LogP contribution < -0.4 is 11.1 Å². The maximum atomic E-state index is 5.38. The van der Waals surface area contributed by atoms with E-state index in [1.807, 2.05) is 10.9 Å². The van der Waals surface area contributed by atoms with Crippen LogP contribution in [0.25, 0.3) is 0 Å². The van der Waals surface area contributed by atoms with Gasteiger partial charge < -0.3 is 11.1 Å². The van der Waals surface area contributed by atoms with E-state index in [2.05, 4.69) is 19.7 Å². The Bertz CT molecular complexity index is 382. The molecule has 0 radical (unpaired) electrons. The molecule has 14 heavy (non-hydrogen) atoms. The van der Waals surface area contributed by atoms with Crippen LogP contribution >= 0.6 is 22.9 Å². The van der Waals surface area contributed by atoms with Crippen LogP contribution in [0.15, 0.2) is 10.9 Å². The van der Waals surface area contributed by atoms with Crippen LogP contribution in [0.2, 0.25) is 0 Å². The standard InChI is InChI=1S/C7H9N5S2/c8-6-11-7(14-12-6)9-2-1-5-3-13-4-10-5/h3-4H,1-2H2,(H3,8,9,11,12). The molecule has 0 saturated heterocycles. The third-order valence-electron chi connectivity index (χ3n) is 1.58. The van der Waals surface area contributed by atoms with Crippen molar-refractivity contribution in [3.63, 3.8) is 0 Å². The van der Waals surface area contributed by atoms with Crippen molar-refractivity contribution in [1.29, 1.82) is 0 Å². The number of hydrogen-bond acceptors (Lipinski definition) is 7. The van der Waals surface area contributed by atoms with Gasteiger partial charge in [-0.15, -0.1) is 11.3 Å². The van der Waals surface area contributed by atoms with E-state index in [1.54, 1.807) is 11.3 Å². The predicted octanol–water partition coefficient (Wildman–Crippen LogP) is 1.23. The number of thiazole rings is 1. The maximum Gasteiger partial charge on any atom is 0.233 e. The molecule has 0 aliphatic heterocycles. The van der Waals surface area contributed by atoms with Crippen LogP contribution in [0.1, 0.15) is 5.69 Å². The molecule has 2 heterocycles. The molecule has 7 heteroatoms. The Hall–Kier alpha value is -1.21. The fourth-order valence-electron chi connectivity index (χ4n) is 0.965. The highest BCUT2D eigenvalue weighted by Gasteiger charge is 1.99. The fourth-order valence-corrected chi connectivity index (χ4v) is 2.08. The van der Waals surface area contributed by atoms with Gasteiger partial charge in [0.2, 0.25) is 11.1 Å². The van der Waals surface area contributed by atoms with E-state index in [9.17, 15) is 0 Å². The monoisotopic (exact) mass is 227 g/mol. The Morgan fingerprint density at radius 1 is 1.50 bits per heavy atom. The molecule has 0 aromatic carbocycles. The first-order valence-corrected chi connectivity index (χ1v) is 5.76. The van der Waals surface area contributed by atoms with E-state index in [0.29, 0.717) is 5.95 Å². The molecule has 0 amide bonds. The fraction of sp³-hybridized carbons (Fsp3) is 0.286. The van der Waals surface area contributed by atoms with E-state index in [4.69, 9.17) is 5.73 Å². The molecule has 2 aromatic heterocycles. The highest BCUT2D eigenvalue weighted by atomic mass is 32.1. The minimum Gasteiger partial charge on any atom is -0.367 e. The van der Waals surface area contributed by atoms with E-state index in [1.165, 1.54) is 11.5 Å². The van der Waals surface area contributed by atoms with Gasteiger partial charge in [-0.25, -0.2) is 4.98 Å². The summed E-state index contributed by atoms with van der Waals surface area (Å²) in [7, 11) is 0. The van der Waals surface area contributed by atoms with E-state index in [0.717, 1.165) is 23.8 Å². The van der Waals surface area contributed by atoms with Crippen LogP contribution in [0, 0.1) is 0 Å². The average Bonchev–Trinajstić information content (AvgIpc) is 2.77. The highest BCUT2D eigenvalue weighted by molar-refractivity contribution is 7.09. The molecule has 74 valence electrons. The summed E-state index contributed by atoms with van der Waals surface area (Å²) < 4.78 is 3.86. The Labute approximate surface area is 89.2 Å². The Morgan fingerprint density at radius 2 is 2.43 bits per heavy atom. The van der Waals surface area contributed by atoms with Crippen LogP contribution in [0.5, 0.6) is 0 Å². The van der Waals surface area contributed by atoms with Crippen molar-refractivity contribution in [2.75, 3.05) is 17.6 Å². The quantitative estimate of drug-likeness (QED) is 0.821. The summed E-state index contributed by atoms with van der Waals surface area (Å²) in [5.41, 5.74) is 8.31. The van der Waals surface area contributed by atoms with Crippen molar-refractivity contribution in [3.05, 3.63) is 16.6 Å². The largest absolute Gasteiger partial charge is 0.367 e. The van der Waals surface area contributed by atoms with Crippen LogP contribution in [-0.4, -0.2) is 20.9 Å². The van der Waals surface area contributed by atoms with Gasteiger partial charge in [0, 0.05) is 29.9 Å². The summed E-state index contributed by atoms with van der Waals surface area (Å²) in [5.74, 6) is 0.325. The number of nitrogen functional groups attached to an aromatic ring is 1. The van der Waals surface area contributed by atoms with E-state index < -0.39 is 0 Å². The van der Waals surface area contributed by atoms with Crippen molar-refractivity contribution >= 4 is 33.9 Å². The first kappa shape index (κ1) is 9.35. The Kier molecular flexibility index (Phi) is 2.90. The van der Waals surface area contributed by atoms with Crippen molar-refractivity contribution in [3.8, 4) is 0 Å². The maximum absolute atomic E-state index is 5.38. The Morgan fingerprint density at radius 3 is 3.07 bits per heavy atom. The summed E-state index contributed by atoms with van der Waals surface area (Å²) in [6.07, 6.45) is 0.892. The molecule has 0 aliphatic carbocycles. The van der Waals surface area contributed by atoms with E-state index in [-0.39, 0.29) is 0 Å². The second-order valence-corrected chi connectivity index (χ2v) is 4.08. The number of nitrogens with two attached hydrogens (primary N) is 1. The topological polar surface area (TPSA) is 76.7 Å². The minimum absolute atomic E-state index is 0.325. The zero-order valence-corrected chi connectivity index (χ0v) is 8.94. The zero-order valence-electron chi connectivity index (χ0n) is 7.30. The summed E-state index contributed by atoms with van der Waals surface area (Å²) in [4.78, 5) is 8.16. The molecule has 2 aromatic rings. The van der Waals surface area contributed by atoms with Gasteiger partial charge in [0.1, 0.15) is 0 Å². The number of rotatable bonds is 4. The molecule has 0 aliphatic rings. The van der Waals surface area contributed by atoms with E-state index >= 15 is 0 Å². The Balaban J connectivity index is 1.78. The first-order chi connectivity index (χ1) is 6.84. The summed E-state index contributed by atoms with van der Waals surface area (Å²) in [6, 6.07) is 0. The molecule has 0 bridgehead atoms. The first-order valence-electron chi connectivity index (χ1n) is 4.05. The predicted molar refractivity (Wildman–Crippen MR) is 58.6 cm³/mol.